The summed E-state index contributed by atoms with van der Waals surface area (Å²) in [5.74, 6) is 0.810. The van der Waals surface area contributed by atoms with E-state index in [4.69, 9.17) is 5.11 Å². The minimum Gasteiger partial charge on any atom is -0.481 e. The molecule has 0 radical (unpaired) electrons. The van der Waals surface area contributed by atoms with E-state index in [9.17, 15) is 9.00 Å². The third kappa shape index (κ3) is 4.19. The lowest BCUT2D eigenvalue weighted by molar-refractivity contribution is -0.136. The summed E-state index contributed by atoms with van der Waals surface area (Å²) >= 11 is 1.55. The Kier molecular flexibility index (Phi) is 4.91. The molecule has 0 aliphatic carbocycles. The van der Waals surface area contributed by atoms with Crippen molar-refractivity contribution in [1.29, 1.82) is 0 Å². The van der Waals surface area contributed by atoms with Gasteiger partial charge in [0, 0.05) is 44.6 Å². The second-order valence-corrected chi connectivity index (χ2v) is 7.39. The maximum atomic E-state index is 11.2. The van der Waals surface area contributed by atoms with Crippen molar-refractivity contribution in [3.05, 3.63) is 21.9 Å². The van der Waals surface area contributed by atoms with Gasteiger partial charge in [-0.05, 0) is 25.0 Å². The van der Waals surface area contributed by atoms with Crippen molar-refractivity contribution < 1.29 is 14.1 Å². The van der Waals surface area contributed by atoms with Gasteiger partial charge < -0.3 is 10.4 Å². The van der Waals surface area contributed by atoms with Crippen molar-refractivity contribution in [3.8, 4) is 0 Å². The molecule has 0 atom stereocenters. The molecule has 1 aliphatic heterocycles. The van der Waals surface area contributed by atoms with E-state index in [1.807, 2.05) is 12.1 Å². The van der Waals surface area contributed by atoms with Crippen LogP contribution in [-0.2, 0) is 28.6 Å². The number of carboxylic acids is 1. The van der Waals surface area contributed by atoms with Gasteiger partial charge in [-0.2, -0.15) is 0 Å². The second-order valence-electron chi connectivity index (χ2n) is 4.44. The standard InChI is InChI=1S/C12H17NO3S2/c14-12(15)7-10-1-2-11(17-10)8-13-9-3-5-18(16)6-4-9/h1-2,9,13H,3-8H2,(H,14,15). The quantitative estimate of drug-likeness (QED) is 0.858. The number of hydrogen-bond acceptors (Lipinski definition) is 4. The minimum absolute atomic E-state index is 0.104. The van der Waals surface area contributed by atoms with Crippen LogP contribution < -0.4 is 5.32 Å². The molecule has 2 N–H and O–H groups in total. The SMILES string of the molecule is O=C(O)Cc1ccc(CNC2CCS(=O)CC2)s1. The summed E-state index contributed by atoms with van der Waals surface area (Å²) in [5.41, 5.74) is 0. The van der Waals surface area contributed by atoms with Gasteiger partial charge in [-0.15, -0.1) is 11.3 Å². The lowest BCUT2D eigenvalue weighted by Gasteiger charge is -2.22. The zero-order chi connectivity index (χ0) is 13.0. The van der Waals surface area contributed by atoms with E-state index in [2.05, 4.69) is 5.32 Å². The van der Waals surface area contributed by atoms with E-state index in [-0.39, 0.29) is 6.42 Å². The molecule has 4 nitrogen and oxygen atoms in total. The van der Waals surface area contributed by atoms with E-state index in [0.717, 1.165) is 40.6 Å². The van der Waals surface area contributed by atoms with Gasteiger partial charge >= 0.3 is 5.97 Å². The Labute approximate surface area is 113 Å². The van der Waals surface area contributed by atoms with Gasteiger partial charge in [0.05, 0.1) is 6.42 Å². The van der Waals surface area contributed by atoms with E-state index < -0.39 is 16.8 Å². The lowest BCUT2D eigenvalue weighted by Crippen LogP contribution is -2.35. The fourth-order valence-corrected chi connectivity index (χ4v) is 4.26. The molecule has 1 fully saturated rings. The molecule has 0 saturated carbocycles. The maximum absolute atomic E-state index is 11.2. The molecule has 1 saturated heterocycles. The first-order valence-electron chi connectivity index (χ1n) is 6.01. The van der Waals surface area contributed by atoms with Crippen LogP contribution >= 0.6 is 11.3 Å². The molecular weight excluding hydrogens is 270 g/mol. The fraction of sp³-hybridized carbons (Fsp3) is 0.583. The fourth-order valence-electron chi connectivity index (χ4n) is 2.00. The monoisotopic (exact) mass is 287 g/mol. The second kappa shape index (κ2) is 6.45. The van der Waals surface area contributed by atoms with Crippen LogP contribution in [0, 0.1) is 0 Å². The third-order valence-corrected chi connectivity index (χ3v) is 5.46. The van der Waals surface area contributed by atoms with Crippen molar-refractivity contribution in [1.82, 2.24) is 5.32 Å². The number of nitrogens with one attached hydrogen (secondary N) is 1. The Hall–Kier alpha value is -0.720. The average Bonchev–Trinajstić information content (AvgIpc) is 2.75. The highest BCUT2D eigenvalue weighted by Crippen LogP contribution is 2.18. The molecule has 0 amide bonds. The lowest BCUT2D eigenvalue weighted by atomic mass is 10.1. The molecule has 0 spiro atoms. The zero-order valence-electron chi connectivity index (χ0n) is 10.1. The Balaban J connectivity index is 1.77. The van der Waals surface area contributed by atoms with Gasteiger partial charge in [0.25, 0.3) is 0 Å². The normalized spacial score (nSPS) is 24.0. The summed E-state index contributed by atoms with van der Waals surface area (Å²) in [6.07, 6.45) is 2.05. The number of aliphatic carboxylic acids is 1. The van der Waals surface area contributed by atoms with Gasteiger partial charge in [0.15, 0.2) is 0 Å². The summed E-state index contributed by atoms with van der Waals surface area (Å²) in [6.45, 7) is 0.779. The predicted molar refractivity (Wildman–Crippen MR) is 73.4 cm³/mol. The van der Waals surface area contributed by atoms with E-state index in [0.29, 0.717) is 6.04 Å². The van der Waals surface area contributed by atoms with Crippen LogP contribution in [-0.4, -0.2) is 32.8 Å². The predicted octanol–water partition coefficient (Wildman–Crippen LogP) is 1.38. The number of thiophene rings is 1. The van der Waals surface area contributed by atoms with Crippen LogP contribution in [0.3, 0.4) is 0 Å². The van der Waals surface area contributed by atoms with Crippen molar-refractivity contribution in [2.45, 2.75) is 31.8 Å². The first-order valence-corrected chi connectivity index (χ1v) is 8.31. The van der Waals surface area contributed by atoms with Crippen LogP contribution in [0.5, 0.6) is 0 Å². The van der Waals surface area contributed by atoms with Crippen LogP contribution in [0.4, 0.5) is 0 Å². The zero-order valence-corrected chi connectivity index (χ0v) is 11.7. The number of hydrogen-bond donors (Lipinski definition) is 2. The summed E-state index contributed by atoms with van der Waals surface area (Å²) in [7, 11) is -0.614. The topological polar surface area (TPSA) is 66.4 Å². The molecule has 18 heavy (non-hydrogen) atoms. The summed E-state index contributed by atoms with van der Waals surface area (Å²) in [5, 5.41) is 12.2. The van der Waals surface area contributed by atoms with Gasteiger partial charge in [-0.25, -0.2) is 0 Å². The smallest absolute Gasteiger partial charge is 0.308 e. The summed E-state index contributed by atoms with van der Waals surface area (Å²) in [4.78, 5) is 12.6. The van der Waals surface area contributed by atoms with Crippen molar-refractivity contribution in [3.63, 3.8) is 0 Å². The molecule has 0 unspecified atom stereocenters. The van der Waals surface area contributed by atoms with Crippen LogP contribution in [0.15, 0.2) is 12.1 Å². The van der Waals surface area contributed by atoms with E-state index in [1.54, 1.807) is 11.3 Å². The molecule has 100 valence electrons. The van der Waals surface area contributed by atoms with Crippen molar-refractivity contribution in [2.75, 3.05) is 11.5 Å². The van der Waals surface area contributed by atoms with Crippen LogP contribution in [0.2, 0.25) is 0 Å². The largest absolute Gasteiger partial charge is 0.481 e. The Morgan fingerprint density at radius 3 is 2.72 bits per heavy atom. The summed E-state index contributed by atoms with van der Waals surface area (Å²) in [6, 6.07) is 4.32. The van der Waals surface area contributed by atoms with E-state index >= 15 is 0 Å². The van der Waals surface area contributed by atoms with Crippen LogP contribution in [0.1, 0.15) is 22.6 Å². The first kappa shape index (κ1) is 13.7. The molecule has 0 aromatic carbocycles. The Bertz CT molecular complexity index is 434. The first-order chi connectivity index (χ1) is 8.63. The van der Waals surface area contributed by atoms with Crippen molar-refractivity contribution in [2.24, 2.45) is 0 Å². The molecule has 1 aromatic rings. The van der Waals surface area contributed by atoms with E-state index in [1.165, 1.54) is 0 Å². The molecule has 2 rings (SSSR count). The Morgan fingerprint density at radius 1 is 1.39 bits per heavy atom. The molecule has 6 heteroatoms. The van der Waals surface area contributed by atoms with Gasteiger partial charge in [-0.1, -0.05) is 0 Å². The molecule has 0 bridgehead atoms. The van der Waals surface area contributed by atoms with Gasteiger partial charge in [0.1, 0.15) is 0 Å². The highest BCUT2D eigenvalue weighted by molar-refractivity contribution is 7.85. The summed E-state index contributed by atoms with van der Waals surface area (Å²) < 4.78 is 11.2. The third-order valence-electron chi connectivity index (χ3n) is 3.00. The molecular formula is C12H17NO3S2. The van der Waals surface area contributed by atoms with Gasteiger partial charge in [0.2, 0.25) is 0 Å². The van der Waals surface area contributed by atoms with Crippen LogP contribution in [0.25, 0.3) is 0 Å². The Morgan fingerprint density at radius 2 is 2.06 bits per heavy atom. The highest BCUT2D eigenvalue weighted by Gasteiger charge is 2.17. The van der Waals surface area contributed by atoms with Crippen molar-refractivity contribution >= 4 is 28.1 Å². The number of carbonyl (C=O) groups is 1. The molecule has 1 aliphatic rings. The van der Waals surface area contributed by atoms with Gasteiger partial charge in [-0.3, -0.25) is 9.00 Å². The maximum Gasteiger partial charge on any atom is 0.308 e. The molecule has 2 heterocycles. The number of carboxylic acid groups (broad SMARTS) is 1. The highest BCUT2D eigenvalue weighted by atomic mass is 32.2. The minimum atomic E-state index is -0.786. The number of rotatable bonds is 5. The average molecular weight is 287 g/mol. The molecule has 1 aromatic heterocycles.